The van der Waals surface area contributed by atoms with E-state index in [1.54, 1.807) is 6.26 Å². The molecular weight excluding hydrogens is 214 g/mol. The van der Waals surface area contributed by atoms with Crippen molar-refractivity contribution in [3.05, 3.63) is 24.2 Å². The molecule has 1 aromatic heterocycles. The van der Waals surface area contributed by atoms with E-state index in [1.807, 2.05) is 19.1 Å². The van der Waals surface area contributed by atoms with Gasteiger partial charge in [-0.25, -0.2) is 0 Å². The average molecular weight is 239 g/mol. The Hall–Kier alpha value is -0.800. The molecule has 2 N–H and O–H groups in total. The third kappa shape index (κ3) is 5.89. The Morgan fingerprint density at radius 2 is 2.12 bits per heavy atom. The van der Waals surface area contributed by atoms with E-state index in [2.05, 4.69) is 26.1 Å². The Morgan fingerprint density at radius 1 is 1.41 bits per heavy atom. The molecule has 0 fully saturated rings. The number of hydrogen-bond acceptors (Lipinski definition) is 3. The van der Waals surface area contributed by atoms with E-state index in [0.717, 1.165) is 18.6 Å². The van der Waals surface area contributed by atoms with Crippen molar-refractivity contribution < 1.29 is 9.52 Å². The second kappa shape index (κ2) is 6.22. The van der Waals surface area contributed by atoms with Crippen LogP contribution in [0.1, 0.15) is 39.9 Å². The van der Waals surface area contributed by atoms with E-state index >= 15 is 0 Å². The Bertz CT molecular complexity index is 304. The lowest BCUT2D eigenvalue weighted by molar-refractivity contribution is 0.0362. The Balaban J connectivity index is 2.29. The first-order chi connectivity index (χ1) is 7.89. The van der Waals surface area contributed by atoms with Gasteiger partial charge in [-0.05, 0) is 38.3 Å². The first-order valence-corrected chi connectivity index (χ1v) is 6.37. The molecular formula is C14H25NO2. The van der Waals surface area contributed by atoms with Crippen molar-refractivity contribution in [1.29, 1.82) is 0 Å². The lowest BCUT2D eigenvalue weighted by Crippen LogP contribution is -2.43. The SMILES string of the molecule is CC(C)CC(C)(O)CNC(C)Cc1ccco1. The molecule has 0 aliphatic heterocycles. The normalized spacial score (nSPS) is 17.1. The second-order valence-corrected chi connectivity index (χ2v) is 5.66. The van der Waals surface area contributed by atoms with E-state index in [4.69, 9.17) is 4.42 Å². The molecule has 0 amide bonds. The molecule has 0 aliphatic rings. The molecule has 0 spiro atoms. The number of furan rings is 1. The number of rotatable bonds is 7. The van der Waals surface area contributed by atoms with Gasteiger partial charge in [0.25, 0.3) is 0 Å². The van der Waals surface area contributed by atoms with Gasteiger partial charge in [-0.1, -0.05) is 13.8 Å². The Kier molecular flexibility index (Phi) is 5.22. The van der Waals surface area contributed by atoms with Crippen molar-refractivity contribution in [2.45, 2.75) is 52.2 Å². The first-order valence-electron chi connectivity index (χ1n) is 6.37. The zero-order chi connectivity index (χ0) is 12.9. The number of nitrogens with one attached hydrogen (secondary N) is 1. The van der Waals surface area contributed by atoms with Gasteiger partial charge in [0.1, 0.15) is 5.76 Å². The van der Waals surface area contributed by atoms with Crippen LogP contribution in [0.3, 0.4) is 0 Å². The molecule has 1 aromatic rings. The van der Waals surface area contributed by atoms with Crippen molar-refractivity contribution in [3.63, 3.8) is 0 Å². The summed E-state index contributed by atoms with van der Waals surface area (Å²) in [6, 6.07) is 4.18. The van der Waals surface area contributed by atoms with E-state index in [9.17, 15) is 5.11 Å². The largest absolute Gasteiger partial charge is 0.469 e. The van der Waals surface area contributed by atoms with Crippen LogP contribution in [-0.2, 0) is 6.42 Å². The first kappa shape index (κ1) is 14.3. The molecule has 0 saturated carbocycles. The van der Waals surface area contributed by atoms with Crippen molar-refractivity contribution in [3.8, 4) is 0 Å². The summed E-state index contributed by atoms with van der Waals surface area (Å²) >= 11 is 0. The van der Waals surface area contributed by atoms with Gasteiger partial charge in [0.15, 0.2) is 0 Å². The molecule has 0 radical (unpaired) electrons. The number of aliphatic hydroxyl groups is 1. The minimum Gasteiger partial charge on any atom is -0.469 e. The van der Waals surface area contributed by atoms with E-state index in [1.165, 1.54) is 0 Å². The zero-order valence-corrected chi connectivity index (χ0v) is 11.4. The van der Waals surface area contributed by atoms with E-state index < -0.39 is 5.60 Å². The summed E-state index contributed by atoms with van der Waals surface area (Å²) in [7, 11) is 0. The standard InChI is InChI=1S/C14H25NO2/c1-11(2)9-14(4,16)10-15-12(3)8-13-6-5-7-17-13/h5-7,11-12,15-16H,8-10H2,1-4H3. The van der Waals surface area contributed by atoms with Crippen molar-refractivity contribution in [2.75, 3.05) is 6.54 Å². The fraction of sp³-hybridized carbons (Fsp3) is 0.714. The molecule has 1 heterocycles. The molecule has 2 unspecified atom stereocenters. The van der Waals surface area contributed by atoms with Crippen LogP contribution in [0, 0.1) is 5.92 Å². The van der Waals surface area contributed by atoms with Crippen LogP contribution in [0.2, 0.25) is 0 Å². The predicted octanol–water partition coefficient (Wildman–Crippen LogP) is 2.60. The summed E-state index contributed by atoms with van der Waals surface area (Å²) in [5.74, 6) is 1.49. The molecule has 3 nitrogen and oxygen atoms in total. The molecule has 3 heteroatoms. The van der Waals surface area contributed by atoms with Gasteiger partial charge in [0.05, 0.1) is 11.9 Å². The monoisotopic (exact) mass is 239 g/mol. The maximum atomic E-state index is 10.2. The highest BCUT2D eigenvalue weighted by Gasteiger charge is 2.22. The van der Waals surface area contributed by atoms with E-state index in [-0.39, 0.29) is 0 Å². The van der Waals surface area contributed by atoms with Crippen LogP contribution in [0.15, 0.2) is 22.8 Å². The number of hydrogen-bond donors (Lipinski definition) is 2. The molecule has 0 aliphatic carbocycles. The van der Waals surface area contributed by atoms with Gasteiger partial charge in [-0.15, -0.1) is 0 Å². The second-order valence-electron chi connectivity index (χ2n) is 5.66. The van der Waals surface area contributed by atoms with Gasteiger partial charge in [0.2, 0.25) is 0 Å². The summed E-state index contributed by atoms with van der Waals surface area (Å²) < 4.78 is 5.30. The van der Waals surface area contributed by atoms with Crippen molar-refractivity contribution in [2.24, 2.45) is 5.92 Å². The zero-order valence-electron chi connectivity index (χ0n) is 11.4. The smallest absolute Gasteiger partial charge is 0.105 e. The molecule has 17 heavy (non-hydrogen) atoms. The van der Waals surface area contributed by atoms with Crippen LogP contribution >= 0.6 is 0 Å². The Morgan fingerprint density at radius 3 is 2.65 bits per heavy atom. The minimum absolute atomic E-state index is 0.305. The molecule has 0 bridgehead atoms. The average Bonchev–Trinajstić information content (AvgIpc) is 2.65. The summed E-state index contributed by atoms with van der Waals surface area (Å²) in [5, 5.41) is 13.5. The van der Waals surface area contributed by atoms with Gasteiger partial charge < -0.3 is 14.8 Å². The van der Waals surface area contributed by atoms with Gasteiger partial charge in [-0.3, -0.25) is 0 Å². The molecule has 0 saturated heterocycles. The summed E-state index contributed by atoms with van der Waals surface area (Å²) in [5.41, 5.74) is -0.633. The fourth-order valence-corrected chi connectivity index (χ4v) is 2.15. The third-order valence-corrected chi connectivity index (χ3v) is 2.77. The maximum Gasteiger partial charge on any atom is 0.105 e. The predicted molar refractivity (Wildman–Crippen MR) is 70.0 cm³/mol. The highest BCUT2D eigenvalue weighted by Crippen LogP contribution is 2.15. The van der Waals surface area contributed by atoms with Crippen LogP contribution in [0.4, 0.5) is 0 Å². The lowest BCUT2D eigenvalue weighted by atomic mass is 9.94. The van der Waals surface area contributed by atoms with Gasteiger partial charge in [0, 0.05) is 19.0 Å². The topological polar surface area (TPSA) is 45.4 Å². The molecule has 98 valence electrons. The van der Waals surface area contributed by atoms with E-state index in [0.29, 0.717) is 18.5 Å². The maximum absolute atomic E-state index is 10.2. The van der Waals surface area contributed by atoms with Crippen molar-refractivity contribution >= 4 is 0 Å². The van der Waals surface area contributed by atoms with Crippen molar-refractivity contribution in [1.82, 2.24) is 5.32 Å². The summed E-state index contributed by atoms with van der Waals surface area (Å²) in [4.78, 5) is 0. The Labute approximate surface area is 104 Å². The summed E-state index contributed by atoms with van der Waals surface area (Å²) in [6.07, 6.45) is 3.36. The highest BCUT2D eigenvalue weighted by molar-refractivity contribution is 5.00. The van der Waals surface area contributed by atoms with Crippen LogP contribution in [0.25, 0.3) is 0 Å². The quantitative estimate of drug-likeness (QED) is 0.768. The molecule has 2 atom stereocenters. The fourth-order valence-electron chi connectivity index (χ4n) is 2.15. The van der Waals surface area contributed by atoms with Gasteiger partial charge in [-0.2, -0.15) is 0 Å². The van der Waals surface area contributed by atoms with Crippen LogP contribution in [-0.4, -0.2) is 23.3 Å². The minimum atomic E-state index is -0.633. The molecule has 0 aromatic carbocycles. The van der Waals surface area contributed by atoms with Crippen LogP contribution < -0.4 is 5.32 Å². The summed E-state index contributed by atoms with van der Waals surface area (Å²) in [6.45, 7) is 8.86. The highest BCUT2D eigenvalue weighted by atomic mass is 16.3. The third-order valence-electron chi connectivity index (χ3n) is 2.77. The van der Waals surface area contributed by atoms with Gasteiger partial charge >= 0.3 is 0 Å². The molecule has 1 rings (SSSR count). The lowest BCUT2D eigenvalue weighted by Gasteiger charge is -2.27. The van der Waals surface area contributed by atoms with Crippen LogP contribution in [0.5, 0.6) is 0 Å².